The Morgan fingerprint density at radius 3 is 1.59 bits per heavy atom. The van der Waals surface area contributed by atoms with Crippen LogP contribution in [0.25, 0.3) is 0 Å². The van der Waals surface area contributed by atoms with E-state index in [1.807, 2.05) is 0 Å². The second kappa shape index (κ2) is 21.4. The first-order chi connectivity index (χ1) is 14.1. The number of alkyl carbamates (subject to hydrolysis) is 1. The van der Waals surface area contributed by atoms with Crippen LogP contribution in [0.3, 0.4) is 0 Å². The van der Waals surface area contributed by atoms with Gasteiger partial charge in [-0.15, -0.1) is 0 Å². The van der Waals surface area contributed by atoms with E-state index in [-0.39, 0.29) is 6.61 Å². The van der Waals surface area contributed by atoms with Gasteiger partial charge in [-0.3, -0.25) is 4.79 Å². The van der Waals surface area contributed by atoms with Crippen molar-refractivity contribution in [3.05, 3.63) is 0 Å². The first-order valence-electron chi connectivity index (χ1n) is 11.9. The van der Waals surface area contributed by atoms with Crippen molar-refractivity contribution in [3.63, 3.8) is 0 Å². The number of ether oxygens (including phenoxy) is 2. The van der Waals surface area contributed by atoms with E-state index in [0.717, 1.165) is 12.8 Å². The number of methoxy groups -OCH3 is 1. The summed E-state index contributed by atoms with van der Waals surface area (Å²) in [7, 11) is 1.25. The maximum atomic E-state index is 11.5. The summed E-state index contributed by atoms with van der Waals surface area (Å²) in [4.78, 5) is 22.6. The van der Waals surface area contributed by atoms with Crippen LogP contribution in [0.15, 0.2) is 0 Å². The topological polar surface area (TPSA) is 90.6 Å². The molecule has 172 valence electrons. The fourth-order valence-corrected chi connectivity index (χ4v) is 3.30. The second-order valence-electron chi connectivity index (χ2n) is 7.96. The summed E-state index contributed by atoms with van der Waals surface area (Å²) in [5.41, 5.74) is 5.49. The largest absolute Gasteiger partial charge is 0.468 e. The van der Waals surface area contributed by atoms with Crippen molar-refractivity contribution in [1.82, 2.24) is 5.32 Å². The summed E-state index contributed by atoms with van der Waals surface area (Å²) in [6.45, 7) is 2.69. The van der Waals surface area contributed by atoms with Gasteiger partial charge in [-0.1, -0.05) is 103 Å². The molecule has 0 radical (unpaired) electrons. The van der Waals surface area contributed by atoms with Gasteiger partial charge in [0.2, 0.25) is 0 Å². The minimum Gasteiger partial charge on any atom is -0.468 e. The first-order valence-corrected chi connectivity index (χ1v) is 11.9. The number of hydrogen-bond donors (Lipinski definition) is 2. The quantitative estimate of drug-likeness (QED) is 0.203. The molecule has 0 aliphatic heterocycles. The van der Waals surface area contributed by atoms with Gasteiger partial charge in [0.25, 0.3) is 0 Å². The van der Waals surface area contributed by atoms with Gasteiger partial charge >= 0.3 is 12.1 Å². The molecule has 29 heavy (non-hydrogen) atoms. The molecule has 6 nitrogen and oxygen atoms in total. The van der Waals surface area contributed by atoms with Gasteiger partial charge in [-0.2, -0.15) is 0 Å². The monoisotopic (exact) mass is 414 g/mol. The lowest BCUT2D eigenvalue weighted by Gasteiger charge is -2.10. The first kappa shape index (κ1) is 27.7. The normalized spacial score (nSPS) is 11.8. The standard InChI is InChI=1S/C23H46N2O4/c1-3-4-5-6-7-8-9-10-11-12-13-14-15-16-17-18-19-25-23(27)29-20-21(24)22(26)28-2/h21H,3-20,24H2,1-2H3,(H,25,27)/t21-/m0/s1. The maximum Gasteiger partial charge on any atom is 0.407 e. The molecule has 0 saturated heterocycles. The van der Waals surface area contributed by atoms with Gasteiger partial charge in [0.05, 0.1) is 7.11 Å². The molecular formula is C23H46N2O4. The number of carbonyl (C=O) groups excluding carboxylic acids is 2. The fourth-order valence-electron chi connectivity index (χ4n) is 3.30. The van der Waals surface area contributed by atoms with E-state index in [9.17, 15) is 9.59 Å². The van der Waals surface area contributed by atoms with Crippen molar-refractivity contribution >= 4 is 12.1 Å². The molecule has 6 heteroatoms. The Kier molecular flexibility index (Phi) is 20.5. The molecular weight excluding hydrogens is 368 g/mol. The lowest BCUT2D eigenvalue weighted by Crippen LogP contribution is -2.38. The van der Waals surface area contributed by atoms with E-state index in [4.69, 9.17) is 10.5 Å². The van der Waals surface area contributed by atoms with Crippen LogP contribution in [-0.4, -0.2) is 38.4 Å². The van der Waals surface area contributed by atoms with Gasteiger partial charge < -0.3 is 20.5 Å². The number of unbranched alkanes of at least 4 members (excludes halogenated alkanes) is 15. The average Bonchev–Trinajstić information content (AvgIpc) is 2.73. The number of nitrogens with one attached hydrogen (secondary N) is 1. The molecule has 0 unspecified atom stereocenters. The Labute approximate surface area is 178 Å². The van der Waals surface area contributed by atoms with Gasteiger partial charge in [0.1, 0.15) is 12.6 Å². The van der Waals surface area contributed by atoms with Gasteiger partial charge in [0, 0.05) is 6.54 Å². The smallest absolute Gasteiger partial charge is 0.407 e. The van der Waals surface area contributed by atoms with Crippen molar-refractivity contribution in [3.8, 4) is 0 Å². The Balaban J connectivity index is 3.22. The van der Waals surface area contributed by atoms with E-state index < -0.39 is 18.1 Å². The summed E-state index contributed by atoms with van der Waals surface area (Å²) < 4.78 is 9.35. The highest BCUT2D eigenvalue weighted by Crippen LogP contribution is 2.13. The SMILES string of the molecule is CCCCCCCCCCCCCCCCCCNC(=O)OC[C@H](N)C(=O)OC. The Morgan fingerprint density at radius 2 is 1.17 bits per heavy atom. The highest BCUT2D eigenvalue weighted by molar-refractivity contribution is 5.76. The predicted octanol–water partition coefficient (Wildman–Crippen LogP) is 5.47. The van der Waals surface area contributed by atoms with E-state index in [0.29, 0.717) is 6.54 Å². The van der Waals surface area contributed by atoms with E-state index in [1.54, 1.807) is 0 Å². The summed E-state index contributed by atoms with van der Waals surface area (Å²) in [6.07, 6.45) is 20.7. The van der Waals surface area contributed by atoms with Crippen LogP contribution in [0.1, 0.15) is 110 Å². The van der Waals surface area contributed by atoms with Crippen LogP contribution in [0.5, 0.6) is 0 Å². The highest BCUT2D eigenvalue weighted by atomic mass is 16.6. The summed E-state index contributed by atoms with van der Waals surface area (Å²) in [6, 6.07) is -0.929. The predicted molar refractivity (Wildman–Crippen MR) is 119 cm³/mol. The third-order valence-corrected chi connectivity index (χ3v) is 5.20. The zero-order chi connectivity index (χ0) is 21.6. The van der Waals surface area contributed by atoms with Crippen LogP contribution < -0.4 is 11.1 Å². The summed E-state index contributed by atoms with van der Waals surface area (Å²) in [5.74, 6) is -0.587. The highest BCUT2D eigenvalue weighted by Gasteiger charge is 2.15. The lowest BCUT2D eigenvalue weighted by atomic mass is 10.0. The Bertz CT molecular complexity index is 391. The van der Waals surface area contributed by atoms with Crippen LogP contribution in [0.2, 0.25) is 0 Å². The van der Waals surface area contributed by atoms with Crippen LogP contribution in [-0.2, 0) is 14.3 Å². The molecule has 0 fully saturated rings. The molecule has 1 amide bonds. The number of esters is 1. The molecule has 0 aromatic carbocycles. The van der Waals surface area contributed by atoms with Crippen molar-refractivity contribution < 1.29 is 19.1 Å². The third-order valence-electron chi connectivity index (χ3n) is 5.20. The molecule has 0 aromatic rings. The van der Waals surface area contributed by atoms with Gasteiger partial charge in [-0.05, 0) is 6.42 Å². The molecule has 1 atom stereocenters. The second-order valence-corrected chi connectivity index (χ2v) is 7.96. The molecule has 0 aliphatic rings. The number of nitrogens with two attached hydrogens (primary N) is 1. The van der Waals surface area contributed by atoms with Crippen molar-refractivity contribution in [2.75, 3.05) is 20.3 Å². The zero-order valence-electron chi connectivity index (χ0n) is 19.0. The molecule has 3 N–H and O–H groups in total. The molecule has 0 bridgehead atoms. The third kappa shape index (κ3) is 19.8. The van der Waals surface area contributed by atoms with Crippen molar-refractivity contribution in [2.45, 2.75) is 116 Å². The molecule has 0 rings (SSSR count). The van der Waals surface area contributed by atoms with Gasteiger partial charge in [-0.25, -0.2) is 4.79 Å². The number of rotatable bonds is 20. The minimum atomic E-state index is -0.929. The van der Waals surface area contributed by atoms with E-state index >= 15 is 0 Å². The molecule has 0 aromatic heterocycles. The molecule has 0 heterocycles. The Hall–Kier alpha value is -1.30. The maximum absolute atomic E-state index is 11.5. The zero-order valence-corrected chi connectivity index (χ0v) is 19.0. The Morgan fingerprint density at radius 1 is 0.759 bits per heavy atom. The van der Waals surface area contributed by atoms with E-state index in [1.165, 1.54) is 97.0 Å². The summed E-state index contributed by atoms with van der Waals surface area (Å²) >= 11 is 0. The van der Waals surface area contributed by atoms with Crippen molar-refractivity contribution in [2.24, 2.45) is 5.73 Å². The fraction of sp³-hybridized carbons (Fsp3) is 0.913. The van der Waals surface area contributed by atoms with Crippen molar-refractivity contribution in [1.29, 1.82) is 0 Å². The van der Waals surface area contributed by atoms with E-state index in [2.05, 4.69) is 17.0 Å². The number of amides is 1. The number of hydrogen-bond acceptors (Lipinski definition) is 5. The van der Waals surface area contributed by atoms with Gasteiger partial charge in [0.15, 0.2) is 0 Å². The van der Waals surface area contributed by atoms with Crippen LogP contribution in [0, 0.1) is 0 Å². The minimum absolute atomic E-state index is 0.169. The molecule has 0 saturated carbocycles. The van der Waals surface area contributed by atoms with Crippen LogP contribution >= 0.6 is 0 Å². The molecule has 0 aliphatic carbocycles. The number of carbonyl (C=O) groups is 2. The average molecular weight is 415 g/mol. The summed E-state index contributed by atoms with van der Waals surface area (Å²) in [5, 5.41) is 2.68. The molecule has 0 spiro atoms. The van der Waals surface area contributed by atoms with Crippen LogP contribution in [0.4, 0.5) is 4.79 Å². The lowest BCUT2D eigenvalue weighted by molar-refractivity contribution is -0.143.